The molecule has 6 heteroatoms. The van der Waals surface area contributed by atoms with Crippen LogP contribution in [0.2, 0.25) is 0 Å². The van der Waals surface area contributed by atoms with E-state index in [0.29, 0.717) is 29.1 Å². The first kappa shape index (κ1) is 24.0. The number of nitrogens with one attached hydrogen (secondary N) is 1. The third-order valence-electron chi connectivity index (χ3n) is 5.79. The van der Waals surface area contributed by atoms with Crippen molar-refractivity contribution in [2.45, 2.75) is 16.7 Å². The van der Waals surface area contributed by atoms with Crippen molar-refractivity contribution in [2.75, 3.05) is 17.6 Å². The Kier molecular flexibility index (Phi) is 7.13. The standard InChI is InChI=1S/C29H26N2O3S/c1-21(22-8-4-2-5-9-22)28(29(32)23-10-6-3-7-11-23)20-31-25-14-18-27(19-15-25)35(33,34)26-16-12-24(30)13-17-26/h2-19,31H,20,30H2,1H3/b28-21+. The van der Waals surface area contributed by atoms with Crippen LogP contribution in [-0.4, -0.2) is 20.7 Å². The van der Waals surface area contributed by atoms with Crippen LogP contribution in [-0.2, 0) is 9.84 Å². The third-order valence-corrected chi connectivity index (χ3v) is 7.58. The SMILES string of the molecule is C/C(=C(/CNc1ccc(S(=O)(=O)c2ccc(N)cc2)cc1)C(=O)c1ccccc1)c1ccccc1. The van der Waals surface area contributed by atoms with Crippen LogP contribution in [0.1, 0.15) is 22.8 Å². The van der Waals surface area contributed by atoms with E-state index < -0.39 is 9.84 Å². The number of benzene rings is 4. The maximum absolute atomic E-state index is 13.4. The average Bonchev–Trinajstić information content (AvgIpc) is 2.90. The molecule has 0 aliphatic rings. The summed E-state index contributed by atoms with van der Waals surface area (Å²) in [5, 5.41) is 3.28. The van der Waals surface area contributed by atoms with Gasteiger partial charge in [-0.25, -0.2) is 8.42 Å². The van der Waals surface area contributed by atoms with Crippen LogP contribution in [0.3, 0.4) is 0 Å². The molecule has 176 valence electrons. The zero-order valence-electron chi connectivity index (χ0n) is 19.3. The predicted octanol–water partition coefficient (Wildman–Crippen LogP) is 5.87. The Morgan fingerprint density at radius 1 is 0.714 bits per heavy atom. The molecule has 0 fully saturated rings. The lowest BCUT2D eigenvalue weighted by Gasteiger charge is -2.15. The summed E-state index contributed by atoms with van der Waals surface area (Å²) in [6.07, 6.45) is 0. The monoisotopic (exact) mass is 482 g/mol. The number of sulfone groups is 1. The molecule has 4 aromatic rings. The van der Waals surface area contributed by atoms with Gasteiger partial charge in [0.15, 0.2) is 5.78 Å². The number of hydrogen-bond donors (Lipinski definition) is 2. The summed E-state index contributed by atoms with van der Waals surface area (Å²) in [6, 6.07) is 31.6. The van der Waals surface area contributed by atoms with Gasteiger partial charge in [0.1, 0.15) is 0 Å². The maximum atomic E-state index is 13.4. The molecule has 0 aliphatic carbocycles. The van der Waals surface area contributed by atoms with E-state index in [9.17, 15) is 13.2 Å². The first-order valence-electron chi connectivity index (χ1n) is 11.2. The Bertz CT molecular complexity index is 1440. The first-order valence-corrected chi connectivity index (χ1v) is 12.6. The predicted molar refractivity (Wildman–Crippen MR) is 141 cm³/mol. The number of Topliss-reactive ketones (excluding diaryl/α,β-unsaturated/α-hetero) is 1. The minimum absolute atomic E-state index is 0.0537. The molecule has 0 aliphatic heterocycles. The van der Waals surface area contributed by atoms with E-state index in [4.69, 9.17) is 5.73 Å². The molecule has 0 unspecified atom stereocenters. The van der Waals surface area contributed by atoms with Gasteiger partial charge in [0, 0.05) is 29.1 Å². The molecule has 0 spiro atoms. The van der Waals surface area contributed by atoms with Crippen LogP contribution < -0.4 is 11.1 Å². The Morgan fingerprint density at radius 2 is 1.20 bits per heavy atom. The van der Waals surface area contributed by atoms with Crippen molar-refractivity contribution in [3.05, 3.63) is 126 Å². The number of nitrogen functional groups attached to an aromatic ring is 1. The summed E-state index contributed by atoms with van der Waals surface area (Å²) >= 11 is 0. The molecule has 35 heavy (non-hydrogen) atoms. The highest BCUT2D eigenvalue weighted by Crippen LogP contribution is 2.25. The lowest BCUT2D eigenvalue weighted by Crippen LogP contribution is -2.15. The van der Waals surface area contributed by atoms with Gasteiger partial charge >= 0.3 is 0 Å². The fourth-order valence-electron chi connectivity index (χ4n) is 3.73. The van der Waals surface area contributed by atoms with Crippen LogP contribution in [0, 0.1) is 0 Å². The fourth-order valence-corrected chi connectivity index (χ4v) is 5.00. The fraction of sp³-hybridized carbons (Fsp3) is 0.0690. The summed E-state index contributed by atoms with van der Waals surface area (Å²) in [7, 11) is -3.65. The number of nitrogens with two attached hydrogens (primary N) is 1. The maximum Gasteiger partial charge on any atom is 0.206 e. The van der Waals surface area contributed by atoms with Crippen molar-refractivity contribution in [3.8, 4) is 0 Å². The second-order valence-corrected chi connectivity index (χ2v) is 10.1. The molecule has 5 nitrogen and oxygen atoms in total. The summed E-state index contributed by atoms with van der Waals surface area (Å²) in [6.45, 7) is 2.23. The molecule has 0 amide bonds. The quantitative estimate of drug-likeness (QED) is 0.186. The van der Waals surface area contributed by atoms with E-state index in [1.807, 2.05) is 55.5 Å². The highest BCUT2D eigenvalue weighted by molar-refractivity contribution is 7.91. The normalized spacial score (nSPS) is 12.0. The summed E-state index contributed by atoms with van der Waals surface area (Å²) in [5.74, 6) is -0.0537. The molecular weight excluding hydrogens is 456 g/mol. The number of carbonyl (C=O) groups is 1. The van der Waals surface area contributed by atoms with Gasteiger partial charge in [0.2, 0.25) is 9.84 Å². The third kappa shape index (κ3) is 5.50. The summed E-state index contributed by atoms with van der Waals surface area (Å²) in [5.41, 5.74) is 9.99. The van der Waals surface area contributed by atoms with Crippen LogP contribution in [0.4, 0.5) is 11.4 Å². The van der Waals surface area contributed by atoms with Crippen LogP contribution in [0.5, 0.6) is 0 Å². The molecule has 3 N–H and O–H groups in total. The topological polar surface area (TPSA) is 89.3 Å². The molecule has 0 saturated carbocycles. The lowest BCUT2D eigenvalue weighted by molar-refractivity contribution is 0.103. The molecule has 0 bridgehead atoms. The zero-order valence-corrected chi connectivity index (χ0v) is 20.1. The van der Waals surface area contributed by atoms with E-state index in [1.54, 1.807) is 48.5 Å². The number of anilines is 2. The number of ketones is 1. The molecule has 0 atom stereocenters. The molecular formula is C29H26N2O3S. The lowest BCUT2D eigenvalue weighted by atomic mass is 9.95. The van der Waals surface area contributed by atoms with Gasteiger partial charge in [-0.15, -0.1) is 0 Å². The summed E-state index contributed by atoms with van der Waals surface area (Å²) < 4.78 is 25.8. The smallest absolute Gasteiger partial charge is 0.206 e. The molecule has 4 rings (SSSR count). The van der Waals surface area contributed by atoms with Crippen LogP contribution in [0.15, 0.2) is 125 Å². The number of allylic oxidation sites excluding steroid dienone is 1. The van der Waals surface area contributed by atoms with Crippen molar-refractivity contribution in [3.63, 3.8) is 0 Å². The van der Waals surface area contributed by atoms with Crippen molar-refractivity contribution in [1.29, 1.82) is 0 Å². The van der Waals surface area contributed by atoms with E-state index in [2.05, 4.69) is 5.32 Å². The molecule has 0 radical (unpaired) electrons. The number of rotatable bonds is 8. The molecule has 0 heterocycles. The van der Waals surface area contributed by atoms with Crippen molar-refractivity contribution in [1.82, 2.24) is 0 Å². The highest BCUT2D eigenvalue weighted by atomic mass is 32.2. The highest BCUT2D eigenvalue weighted by Gasteiger charge is 2.18. The van der Waals surface area contributed by atoms with E-state index >= 15 is 0 Å². The minimum Gasteiger partial charge on any atom is -0.399 e. The van der Waals surface area contributed by atoms with Gasteiger partial charge < -0.3 is 11.1 Å². The Morgan fingerprint density at radius 3 is 1.74 bits per heavy atom. The minimum atomic E-state index is -3.65. The number of hydrogen-bond acceptors (Lipinski definition) is 5. The molecule has 0 saturated heterocycles. The number of carbonyl (C=O) groups excluding carboxylic acids is 1. The Balaban J connectivity index is 1.58. The first-order chi connectivity index (χ1) is 16.9. The van der Waals surface area contributed by atoms with Crippen LogP contribution in [0.25, 0.3) is 5.57 Å². The van der Waals surface area contributed by atoms with E-state index in [-0.39, 0.29) is 15.6 Å². The van der Waals surface area contributed by atoms with Gasteiger partial charge in [0.05, 0.1) is 9.79 Å². The second kappa shape index (κ2) is 10.4. The van der Waals surface area contributed by atoms with Crippen molar-refractivity contribution in [2.24, 2.45) is 0 Å². The van der Waals surface area contributed by atoms with Gasteiger partial charge in [-0.3, -0.25) is 4.79 Å². The molecule has 0 aromatic heterocycles. The Labute approximate surface area is 205 Å². The van der Waals surface area contributed by atoms with Crippen molar-refractivity contribution >= 4 is 32.6 Å². The van der Waals surface area contributed by atoms with Crippen molar-refractivity contribution < 1.29 is 13.2 Å². The van der Waals surface area contributed by atoms with Gasteiger partial charge in [-0.2, -0.15) is 0 Å². The largest absolute Gasteiger partial charge is 0.399 e. The average molecular weight is 483 g/mol. The summed E-state index contributed by atoms with van der Waals surface area (Å²) in [4.78, 5) is 13.7. The van der Waals surface area contributed by atoms with Gasteiger partial charge in [0.25, 0.3) is 0 Å². The zero-order chi connectivity index (χ0) is 24.8. The Hall–Kier alpha value is -4.16. The van der Waals surface area contributed by atoms with Gasteiger partial charge in [-0.05, 0) is 66.6 Å². The van der Waals surface area contributed by atoms with E-state index in [0.717, 1.165) is 11.1 Å². The van der Waals surface area contributed by atoms with Gasteiger partial charge in [-0.1, -0.05) is 60.7 Å². The second-order valence-electron chi connectivity index (χ2n) is 8.12. The van der Waals surface area contributed by atoms with E-state index in [1.165, 1.54) is 12.1 Å². The van der Waals surface area contributed by atoms with Crippen LogP contribution >= 0.6 is 0 Å². The molecule has 4 aromatic carbocycles.